The lowest BCUT2D eigenvalue weighted by Gasteiger charge is -2.58. The highest BCUT2D eigenvalue weighted by Gasteiger charge is 2.66. The molecule has 170 valence electrons. The lowest BCUT2D eigenvalue weighted by molar-refractivity contribution is -0.159. The molecule has 0 spiro atoms. The maximum absolute atomic E-state index is 13.0. The molecule has 3 unspecified atom stereocenters. The molecule has 8 atom stereocenters. The molecular weight excluding hydrogens is 396 g/mol. The van der Waals surface area contributed by atoms with Gasteiger partial charge < -0.3 is 14.9 Å². The van der Waals surface area contributed by atoms with Crippen LogP contribution in [-0.4, -0.2) is 46.6 Å². The molecule has 0 aromatic heterocycles. The number of allylic oxidation sites excluding steroid dienone is 4. The highest BCUT2D eigenvalue weighted by Crippen LogP contribution is 2.67. The van der Waals surface area contributed by atoms with Crippen LogP contribution >= 0.6 is 0 Å². The maximum atomic E-state index is 13.0. The first-order valence-electron chi connectivity index (χ1n) is 11.5. The summed E-state index contributed by atoms with van der Waals surface area (Å²) >= 11 is 0. The van der Waals surface area contributed by atoms with Gasteiger partial charge in [0.1, 0.15) is 6.61 Å². The monoisotopic (exact) mass is 430 g/mol. The Hall–Kier alpha value is -1.79. The van der Waals surface area contributed by atoms with E-state index in [0.717, 1.165) is 18.4 Å². The van der Waals surface area contributed by atoms with Gasteiger partial charge in [0, 0.05) is 17.3 Å². The summed E-state index contributed by atoms with van der Waals surface area (Å²) in [7, 11) is 0. The van der Waals surface area contributed by atoms with Gasteiger partial charge in [-0.05, 0) is 68.9 Å². The minimum absolute atomic E-state index is 0.00738. The number of Topliss-reactive ketones (excluding diaryl/α,β-unsaturated/α-hetero) is 1. The summed E-state index contributed by atoms with van der Waals surface area (Å²) in [5, 5.41) is 21.1. The van der Waals surface area contributed by atoms with Crippen molar-refractivity contribution in [3.63, 3.8) is 0 Å². The molecular formula is C25H34O6. The molecule has 0 heterocycles. The summed E-state index contributed by atoms with van der Waals surface area (Å²) in [6.07, 6.45) is 6.83. The van der Waals surface area contributed by atoms with Crippen LogP contribution in [0.2, 0.25) is 0 Å². The van der Waals surface area contributed by atoms with Crippen LogP contribution in [0.3, 0.4) is 0 Å². The number of carbonyl (C=O) groups is 3. The van der Waals surface area contributed by atoms with Crippen LogP contribution in [0.1, 0.15) is 53.4 Å². The molecule has 3 saturated carbocycles. The Kier molecular flexibility index (Phi) is 5.54. The number of aliphatic hydroxyl groups excluding tert-OH is 2. The van der Waals surface area contributed by atoms with Crippen LogP contribution in [0.25, 0.3) is 0 Å². The van der Waals surface area contributed by atoms with Crippen molar-refractivity contribution in [1.29, 1.82) is 0 Å². The molecule has 4 aliphatic carbocycles. The average molecular weight is 431 g/mol. The van der Waals surface area contributed by atoms with E-state index in [1.807, 2.05) is 13.0 Å². The van der Waals surface area contributed by atoms with E-state index in [1.165, 1.54) is 0 Å². The lowest BCUT2D eigenvalue weighted by atomic mass is 9.46. The van der Waals surface area contributed by atoms with Crippen molar-refractivity contribution in [2.75, 3.05) is 6.61 Å². The lowest BCUT2D eigenvalue weighted by Crippen LogP contribution is -2.56. The Balaban J connectivity index is 1.73. The van der Waals surface area contributed by atoms with Crippen molar-refractivity contribution >= 4 is 17.5 Å². The SMILES string of the molecule is CC(C)OC(=O)[C@@H]1CC2C3CCC4=CC(=O)C=C[C@]4(C)C3[C@@H](O)C[C@]2(C)[C@H]1C(=O)CO. The molecule has 0 aliphatic heterocycles. The number of ether oxygens (including phenoxy) is 1. The molecule has 6 nitrogen and oxygen atoms in total. The molecule has 31 heavy (non-hydrogen) atoms. The number of carbonyl (C=O) groups excluding carboxylic acids is 3. The molecule has 4 aliphatic rings. The van der Waals surface area contributed by atoms with Gasteiger partial charge in [0.25, 0.3) is 0 Å². The molecule has 0 aromatic carbocycles. The largest absolute Gasteiger partial charge is 0.463 e. The van der Waals surface area contributed by atoms with E-state index in [1.54, 1.807) is 26.0 Å². The number of fused-ring (bicyclic) bond motifs is 5. The standard InChI is InChI=1S/C25H34O6/c1-13(2)31-23(30)17-10-18-16-6-5-14-9-15(27)7-8-24(14,3)21(16)19(28)11-25(18,4)22(17)20(29)12-26/h7-9,13,16-19,21-22,26,28H,5-6,10-12H2,1-4H3/t16?,17-,18?,19+,21?,22-,24+,25+/m1/s1. The minimum Gasteiger partial charge on any atom is -0.463 e. The van der Waals surface area contributed by atoms with Gasteiger partial charge in [-0.25, -0.2) is 0 Å². The number of hydrogen-bond donors (Lipinski definition) is 2. The second kappa shape index (κ2) is 7.66. The van der Waals surface area contributed by atoms with Gasteiger partial charge >= 0.3 is 5.97 Å². The Bertz CT molecular complexity index is 856. The van der Waals surface area contributed by atoms with E-state index in [-0.39, 0.29) is 41.4 Å². The predicted molar refractivity (Wildman–Crippen MR) is 114 cm³/mol. The predicted octanol–water partition coefficient (Wildman–Crippen LogP) is 2.62. The number of aliphatic hydroxyl groups is 2. The number of rotatable bonds is 4. The Morgan fingerprint density at radius 2 is 2.00 bits per heavy atom. The first-order chi connectivity index (χ1) is 14.5. The van der Waals surface area contributed by atoms with Gasteiger partial charge in [0.05, 0.1) is 18.1 Å². The van der Waals surface area contributed by atoms with Crippen LogP contribution in [0.15, 0.2) is 23.8 Å². The van der Waals surface area contributed by atoms with Gasteiger partial charge in [-0.15, -0.1) is 0 Å². The Morgan fingerprint density at radius 3 is 2.65 bits per heavy atom. The van der Waals surface area contributed by atoms with Crippen molar-refractivity contribution in [2.45, 2.75) is 65.6 Å². The molecule has 6 heteroatoms. The van der Waals surface area contributed by atoms with Crippen molar-refractivity contribution in [3.8, 4) is 0 Å². The molecule has 0 bridgehead atoms. The third kappa shape index (κ3) is 3.34. The zero-order valence-corrected chi connectivity index (χ0v) is 18.8. The fourth-order valence-corrected chi connectivity index (χ4v) is 7.62. The maximum Gasteiger partial charge on any atom is 0.309 e. The van der Waals surface area contributed by atoms with Crippen molar-refractivity contribution in [1.82, 2.24) is 0 Å². The quantitative estimate of drug-likeness (QED) is 0.665. The second-order valence-electron chi connectivity index (χ2n) is 10.7. The molecule has 4 rings (SSSR count). The fraction of sp³-hybridized carbons (Fsp3) is 0.720. The van der Waals surface area contributed by atoms with Gasteiger partial charge in [-0.1, -0.05) is 25.5 Å². The summed E-state index contributed by atoms with van der Waals surface area (Å²) in [5.74, 6) is -1.86. The van der Waals surface area contributed by atoms with Gasteiger partial charge in [0.2, 0.25) is 0 Å². The van der Waals surface area contributed by atoms with Gasteiger partial charge in [0.15, 0.2) is 11.6 Å². The van der Waals surface area contributed by atoms with Crippen molar-refractivity contribution in [3.05, 3.63) is 23.8 Å². The van der Waals surface area contributed by atoms with Gasteiger partial charge in [-0.3, -0.25) is 14.4 Å². The van der Waals surface area contributed by atoms with E-state index in [2.05, 4.69) is 6.92 Å². The van der Waals surface area contributed by atoms with Gasteiger partial charge in [-0.2, -0.15) is 0 Å². The number of esters is 1. The average Bonchev–Trinajstić information content (AvgIpc) is 3.00. The molecule has 0 radical (unpaired) electrons. The van der Waals surface area contributed by atoms with E-state index in [9.17, 15) is 24.6 Å². The molecule has 2 N–H and O–H groups in total. The molecule has 3 fully saturated rings. The fourth-order valence-electron chi connectivity index (χ4n) is 7.62. The minimum atomic E-state index is -0.660. The van der Waals surface area contributed by atoms with Crippen LogP contribution in [0, 0.1) is 40.4 Å². The third-order valence-electron chi connectivity index (χ3n) is 8.71. The normalized spacial score (nSPS) is 43.7. The van der Waals surface area contributed by atoms with Crippen molar-refractivity contribution < 1.29 is 29.3 Å². The first kappa shape index (κ1) is 22.4. The van der Waals surface area contributed by atoms with E-state index in [0.29, 0.717) is 12.8 Å². The summed E-state index contributed by atoms with van der Waals surface area (Å²) in [4.78, 5) is 37.8. The van der Waals surface area contributed by atoms with E-state index in [4.69, 9.17) is 4.74 Å². The first-order valence-corrected chi connectivity index (χ1v) is 11.5. The highest BCUT2D eigenvalue weighted by atomic mass is 16.5. The number of ketones is 2. The van der Waals surface area contributed by atoms with Crippen molar-refractivity contribution in [2.24, 2.45) is 40.4 Å². The summed E-state index contributed by atoms with van der Waals surface area (Å²) in [6, 6.07) is 0. The highest BCUT2D eigenvalue weighted by molar-refractivity contribution is 6.01. The molecule has 0 aromatic rings. The summed E-state index contributed by atoms with van der Waals surface area (Å²) in [5.41, 5.74) is 0.0953. The third-order valence-corrected chi connectivity index (χ3v) is 8.71. The molecule has 0 amide bonds. The number of hydrogen-bond acceptors (Lipinski definition) is 6. The summed E-state index contributed by atoms with van der Waals surface area (Å²) < 4.78 is 5.50. The Labute approximate surface area is 183 Å². The van der Waals surface area contributed by atoms with Crippen LogP contribution in [0.5, 0.6) is 0 Å². The zero-order valence-electron chi connectivity index (χ0n) is 18.8. The second-order valence-corrected chi connectivity index (χ2v) is 10.7. The Morgan fingerprint density at radius 1 is 1.29 bits per heavy atom. The summed E-state index contributed by atoms with van der Waals surface area (Å²) in [6.45, 7) is 7.07. The molecule has 0 saturated heterocycles. The topological polar surface area (TPSA) is 101 Å². The smallest absolute Gasteiger partial charge is 0.309 e. The van der Waals surface area contributed by atoms with E-state index >= 15 is 0 Å². The van der Waals surface area contributed by atoms with Crippen LogP contribution in [-0.2, 0) is 19.1 Å². The van der Waals surface area contributed by atoms with E-state index < -0.39 is 35.4 Å². The zero-order chi connectivity index (χ0) is 22.7. The van der Waals surface area contributed by atoms with Crippen LogP contribution in [0.4, 0.5) is 0 Å². The van der Waals surface area contributed by atoms with Crippen LogP contribution < -0.4 is 0 Å².